The summed E-state index contributed by atoms with van der Waals surface area (Å²) in [4.78, 5) is 28.1. The average Bonchev–Trinajstić information content (AvgIpc) is 3.06. The van der Waals surface area contributed by atoms with Gasteiger partial charge in [-0.1, -0.05) is 11.6 Å². The van der Waals surface area contributed by atoms with Crippen molar-refractivity contribution < 1.29 is 14.3 Å². The van der Waals surface area contributed by atoms with E-state index in [1.807, 2.05) is 0 Å². The minimum atomic E-state index is -0.485. The number of halogens is 1. The summed E-state index contributed by atoms with van der Waals surface area (Å²) in [6.07, 6.45) is 1.50. The first-order valence-corrected chi connectivity index (χ1v) is 8.79. The summed E-state index contributed by atoms with van der Waals surface area (Å²) in [5, 5.41) is 8.44. The largest absolute Gasteiger partial charge is 0.486 e. The number of hydrogen-bond acceptors (Lipinski definition) is 5. The lowest BCUT2D eigenvalue weighted by Crippen LogP contribution is -2.50. The van der Waals surface area contributed by atoms with Gasteiger partial charge in [-0.05, 0) is 37.1 Å². The first-order chi connectivity index (χ1) is 11.6. The minimum Gasteiger partial charge on any atom is -0.486 e. The van der Waals surface area contributed by atoms with Gasteiger partial charge >= 0.3 is 0 Å². The second kappa shape index (κ2) is 7.63. The third-order valence-corrected chi connectivity index (χ3v) is 4.63. The molecule has 2 heterocycles. The van der Waals surface area contributed by atoms with Crippen LogP contribution in [0.25, 0.3) is 0 Å². The Morgan fingerprint density at radius 3 is 2.96 bits per heavy atom. The smallest absolute Gasteiger partial charge is 0.271 e. The predicted octanol–water partition coefficient (Wildman–Crippen LogP) is 2.38. The lowest BCUT2D eigenvalue weighted by Gasteiger charge is -2.22. The van der Waals surface area contributed by atoms with Crippen molar-refractivity contribution in [3.63, 3.8) is 0 Å². The van der Waals surface area contributed by atoms with Gasteiger partial charge in [0.25, 0.3) is 5.91 Å². The van der Waals surface area contributed by atoms with Crippen molar-refractivity contribution in [3.05, 3.63) is 45.4 Å². The van der Waals surface area contributed by atoms with Gasteiger partial charge in [0, 0.05) is 16.9 Å². The fraction of sp³-hybridized carbons (Fsp3) is 0.312. The zero-order valence-corrected chi connectivity index (χ0v) is 14.3. The highest BCUT2D eigenvalue weighted by atomic mass is 35.5. The monoisotopic (exact) mass is 365 g/mol. The number of hydrogen-bond donors (Lipinski definition) is 2. The molecule has 0 spiro atoms. The molecule has 1 unspecified atom stereocenters. The standard InChI is InChI=1S/C16H16ClN3O3S/c17-10-3-5-11(6-4-10)23-8-14-19-13(9-24-14)16(22)20-12-2-1-7-18-15(12)21/h3-6,9,12H,1-2,7-8H2,(H,18,21)(H,20,22). The van der Waals surface area contributed by atoms with Crippen LogP contribution in [0.4, 0.5) is 0 Å². The van der Waals surface area contributed by atoms with Crippen LogP contribution < -0.4 is 15.4 Å². The van der Waals surface area contributed by atoms with Gasteiger partial charge in [0.15, 0.2) is 0 Å². The number of piperidine rings is 1. The number of aromatic nitrogens is 1. The van der Waals surface area contributed by atoms with Crippen molar-refractivity contribution >= 4 is 34.8 Å². The molecule has 1 atom stereocenters. The van der Waals surface area contributed by atoms with Gasteiger partial charge in [0.2, 0.25) is 5.91 Å². The van der Waals surface area contributed by atoms with E-state index in [1.54, 1.807) is 29.6 Å². The normalized spacial score (nSPS) is 17.2. The number of carbonyl (C=O) groups excluding carboxylic acids is 2. The molecule has 1 saturated heterocycles. The zero-order chi connectivity index (χ0) is 16.9. The van der Waals surface area contributed by atoms with E-state index in [4.69, 9.17) is 16.3 Å². The van der Waals surface area contributed by atoms with Gasteiger partial charge in [0.1, 0.15) is 29.1 Å². The topological polar surface area (TPSA) is 80.3 Å². The number of thiazole rings is 1. The van der Waals surface area contributed by atoms with E-state index in [1.165, 1.54) is 11.3 Å². The Kier molecular flexibility index (Phi) is 5.32. The van der Waals surface area contributed by atoms with Crippen LogP contribution in [0.15, 0.2) is 29.6 Å². The SMILES string of the molecule is O=C(NC1CCCNC1=O)c1csc(COc2ccc(Cl)cc2)n1. The van der Waals surface area contributed by atoms with Crippen LogP contribution >= 0.6 is 22.9 Å². The van der Waals surface area contributed by atoms with Crippen molar-refractivity contribution in [1.82, 2.24) is 15.6 Å². The van der Waals surface area contributed by atoms with Crippen molar-refractivity contribution in [3.8, 4) is 5.75 Å². The molecule has 1 aromatic heterocycles. The van der Waals surface area contributed by atoms with Gasteiger partial charge < -0.3 is 15.4 Å². The molecule has 0 saturated carbocycles. The second-order valence-corrected chi connectivity index (χ2v) is 6.71. The summed E-state index contributed by atoms with van der Waals surface area (Å²) in [6, 6.07) is 6.54. The summed E-state index contributed by atoms with van der Waals surface area (Å²) in [5.41, 5.74) is 0.299. The van der Waals surface area contributed by atoms with Gasteiger partial charge in [-0.15, -0.1) is 11.3 Å². The molecule has 0 aliphatic carbocycles. The Morgan fingerprint density at radius 1 is 1.42 bits per heavy atom. The first kappa shape index (κ1) is 16.7. The Labute approximate surface area is 148 Å². The Bertz CT molecular complexity index is 732. The Hall–Kier alpha value is -2.12. The molecule has 2 aromatic rings. The van der Waals surface area contributed by atoms with Crippen LogP contribution in [0.2, 0.25) is 5.02 Å². The maximum Gasteiger partial charge on any atom is 0.271 e. The Balaban J connectivity index is 1.55. The minimum absolute atomic E-state index is 0.142. The zero-order valence-electron chi connectivity index (χ0n) is 12.8. The molecule has 2 amide bonds. The molecule has 6 nitrogen and oxygen atoms in total. The molecule has 1 aromatic carbocycles. The third kappa shape index (κ3) is 4.24. The summed E-state index contributed by atoms with van der Waals surface area (Å²) >= 11 is 7.16. The highest BCUT2D eigenvalue weighted by Crippen LogP contribution is 2.18. The van der Waals surface area contributed by atoms with Gasteiger partial charge in [-0.3, -0.25) is 9.59 Å². The van der Waals surface area contributed by atoms with Crippen LogP contribution in [-0.2, 0) is 11.4 Å². The maximum atomic E-state index is 12.2. The van der Waals surface area contributed by atoms with E-state index in [0.717, 1.165) is 6.42 Å². The van der Waals surface area contributed by atoms with E-state index in [9.17, 15) is 9.59 Å². The van der Waals surface area contributed by atoms with E-state index in [-0.39, 0.29) is 18.4 Å². The van der Waals surface area contributed by atoms with E-state index < -0.39 is 6.04 Å². The summed E-state index contributed by atoms with van der Waals surface area (Å²) in [7, 11) is 0. The highest BCUT2D eigenvalue weighted by Gasteiger charge is 2.24. The van der Waals surface area contributed by atoms with E-state index >= 15 is 0 Å². The van der Waals surface area contributed by atoms with Crippen molar-refractivity contribution in [1.29, 1.82) is 0 Å². The molecule has 1 fully saturated rings. The highest BCUT2D eigenvalue weighted by molar-refractivity contribution is 7.09. The molecule has 8 heteroatoms. The van der Waals surface area contributed by atoms with Crippen molar-refractivity contribution in [2.45, 2.75) is 25.5 Å². The van der Waals surface area contributed by atoms with Crippen molar-refractivity contribution in [2.75, 3.05) is 6.54 Å². The molecule has 3 rings (SSSR count). The van der Waals surface area contributed by atoms with Gasteiger partial charge in [-0.25, -0.2) is 4.98 Å². The number of rotatable bonds is 5. The molecule has 0 bridgehead atoms. The Morgan fingerprint density at radius 2 is 2.21 bits per heavy atom. The molecular weight excluding hydrogens is 350 g/mol. The average molecular weight is 366 g/mol. The summed E-state index contributed by atoms with van der Waals surface area (Å²) < 4.78 is 5.60. The number of amides is 2. The maximum absolute atomic E-state index is 12.2. The van der Waals surface area contributed by atoms with Gasteiger partial charge in [-0.2, -0.15) is 0 Å². The summed E-state index contributed by atoms with van der Waals surface area (Å²) in [6.45, 7) is 0.928. The second-order valence-electron chi connectivity index (χ2n) is 5.33. The van der Waals surface area contributed by atoms with E-state index in [0.29, 0.717) is 34.4 Å². The van der Waals surface area contributed by atoms with Crippen molar-refractivity contribution in [2.24, 2.45) is 0 Å². The number of ether oxygens (including phenoxy) is 1. The van der Waals surface area contributed by atoms with Crippen LogP contribution in [0.3, 0.4) is 0 Å². The quantitative estimate of drug-likeness (QED) is 0.852. The summed E-state index contributed by atoms with van der Waals surface area (Å²) in [5.74, 6) is 0.196. The molecule has 24 heavy (non-hydrogen) atoms. The van der Waals surface area contributed by atoms with Gasteiger partial charge in [0.05, 0.1) is 0 Å². The van der Waals surface area contributed by atoms with Crippen LogP contribution in [-0.4, -0.2) is 29.4 Å². The molecule has 0 radical (unpaired) electrons. The van der Waals surface area contributed by atoms with Crippen LogP contribution in [0.5, 0.6) is 5.75 Å². The predicted molar refractivity (Wildman–Crippen MR) is 91.4 cm³/mol. The molecular formula is C16H16ClN3O3S. The first-order valence-electron chi connectivity index (χ1n) is 7.53. The van der Waals surface area contributed by atoms with Crippen LogP contribution in [0, 0.1) is 0 Å². The van der Waals surface area contributed by atoms with E-state index in [2.05, 4.69) is 15.6 Å². The number of nitrogens with one attached hydrogen (secondary N) is 2. The molecule has 126 valence electrons. The fourth-order valence-electron chi connectivity index (χ4n) is 2.30. The molecule has 2 N–H and O–H groups in total. The fourth-order valence-corrected chi connectivity index (χ4v) is 3.11. The number of nitrogens with zero attached hydrogens (tertiary/aromatic N) is 1. The lowest BCUT2D eigenvalue weighted by atomic mass is 10.1. The molecule has 1 aliphatic heterocycles. The lowest BCUT2D eigenvalue weighted by molar-refractivity contribution is -0.124. The third-order valence-electron chi connectivity index (χ3n) is 3.55. The molecule has 1 aliphatic rings. The number of benzene rings is 1. The number of carbonyl (C=O) groups is 2. The van der Waals surface area contributed by atoms with Crippen LogP contribution in [0.1, 0.15) is 28.3 Å².